The van der Waals surface area contributed by atoms with Gasteiger partial charge in [0.05, 0.1) is 23.4 Å². The van der Waals surface area contributed by atoms with Gasteiger partial charge >= 0.3 is 0 Å². The lowest BCUT2D eigenvalue weighted by Crippen LogP contribution is -2.20. The molecule has 0 fully saturated rings. The van der Waals surface area contributed by atoms with Crippen molar-refractivity contribution in [1.82, 2.24) is 34.1 Å². The molecule has 11 heteroatoms. The maximum atomic E-state index is 13.6. The molecule has 0 saturated heterocycles. The molecule has 0 aliphatic carbocycles. The Morgan fingerprint density at radius 1 is 1.09 bits per heavy atom. The number of aryl methyl sites for hydroxylation is 2. The minimum atomic E-state index is -3.82. The van der Waals surface area contributed by atoms with Crippen LogP contribution in [0.1, 0.15) is 11.1 Å². The summed E-state index contributed by atoms with van der Waals surface area (Å²) in [7, 11) is 1.69. The number of likely N-dealkylation sites (N-methyl/N-ethyl adjacent to an activating group) is 1. The highest BCUT2D eigenvalue weighted by Gasteiger charge is 2.28. The lowest BCUT2D eigenvalue weighted by atomic mass is 10.2. The third kappa shape index (κ3) is 4.16. The van der Waals surface area contributed by atoms with Crippen LogP contribution in [-0.2, 0) is 16.6 Å². The molecule has 0 saturated carbocycles. The first-order chi connectivity index (χ1) is 15.7. The van der Waals surface area contributed by atoms with E-state index in [4.69, 9.17) is 4.74 Å². The van der Waals surface area contributed by atoms with E-state index >= 15 is 0 Å². The van der Waals surface area contributed by atoms with Crippen molar-refractivity contribution in [3.63, 3.8) is 0 Å². The lowest BCUT2D eigenvalue weighted by Gasteiger charge is -2.17. The Kier molecular flexibility index (Phi) is 6.09. The molecule has 3 heterocycles. The minimum absolute atomic E-state index is 0.224. The summed E-state index contributed by atoms with van der Waals surface area (Å²) in [6, 6.07) is 10.5. The molecule has 0 bridgehead atoms. The monoisotopic (exact) mass is 469 g/mol. The first kappa shape index (κ1) is 22.7. The quantitative estimate of drug-likeness (QED) is 0.422. The van der Waals surface area contributed by atoms with E-state index in [9.17, 15) is 8.42 Å². The van der Waals surface area contributed by atoms with Crippen LogP contribution >= 0.6 is 0 Å². The topological polar surface area (TPSA) is 111 Å². The Bertz CT molecular complexity index is 1350. The molecule has 1 aromatic carbocycles. The van der Waals surface area contributed by atoms with Crippen LogP contribution in [0.15, 0.2) is 47.5 Å². The van der Waals surface area contributed by atoms with Gasteiger partial charge in [0.15, 0.2) is 0 Å². The molecule has 0 spiro atoms. The molecular formula is C22H27N7O3S. The van der Waals surface area contributed by atoms with Gasteiger partial charge in [-0.2, -0.15) is 5.21 Å². The molecule has 1 N–H and O–H groups in total. The van der Waals surface area contributed by atoms with Crippen molar-refractivity contribution in [1.29, 1.82) is 0 Å². The van der Waals surface area contributed by atoms with Crippen molar-refractivity contribution in [2.45, 2.75) is 25.3 Å². The maximum absolute atomic E-state index is 13.6. The van der Waals surface area contributed by atoms with Crippen molar-refractivity contribution in [2.75, 3.05) is 27.7 Å². The number of aromatic nitrogens is 6. The fraction of sp³-hybridized carbons (Fsp3) is 0.318. The second-order valence-electron chi connectivity index (χ2n) is 8.10. The number of hydrogen-bond acceptors (Lipinski definition) is 7. The van der Waals surface area contributed by atoms with Gasteiger partial charge in [-0.3, -0.25) is 0 Å². The van der Waals surface area contributed by atoms with Crippen molar-refractivity contribution >= 4 is 10.0 Å². The molecule has 0 radical (unpaired) electrons. The molecule has 0 atom stereocenters. The van der Waals surface area contributed by atoms with Gasteiger partial charge in [-0.15, -0.1) is 10.2 Å². The number of H-pyrrole nitrogens is 1. The van der Waals surface area contributed by atoms with Gasteiger partial charge in [-0.25, -0.2) is 12.4 Å². The molecular weight excluding hydrogens is 442 g/mol. The van der Waals surface area contributed by atoms with Crippen LogP contribution < -0.4 is 4.74 Å². The summed E-state index contributed by atoms with van der Waals surface area (Å²) in [5.41, 5.74) is 3.68. The van der Waals surface area contributed by atoms with E-state index in [-0.39, 0.29) is 4.90 Å². The first-order valence-electron chi connectivity index (χ1n) is 10.4. The Hall–Kier alpha value is -3.44. The summed E-state index contributed by atoms with van der Waals surface area (Å²) in [6.07, 6.45) is 1.59. The van der Waals surface area contributed by atoms with Crippen molar-refractivity contribution in [2.24, 2.45) is 0 Å². The molecule has 0 aliphatic heterocycles. The summed E-state index contributed by atoms with van der Waals surface area (Å²) in [4.78, 5) is 2.27. The van der Waals surface area contributed by atoms with Crippen molar-refractivity contribution < 1.29 is 13.2 Å². The molecule has 3 aromatic heterocycles. The lowest BCUT2D eigenvalue weighted by molar-refractivity contribution is 0.383. The van der Waals surface area contributed by atoms with Crippen LogP contribution in [0.4, 0.5) is 0 Å². The smallest absolute Gasteiger partial charge is 0.268 e. The number of tetrazole rings is 1. The second-order valence-corrected chi connectivity index (χ2v) is 9.91. The highest BCUT2D eigenvalue weighted by atomic mass is 32.2. The second kappa shape index (κ2) is 8.83. The number of methoxy groups -OCH3 is 1. The maximum Gasteiger partial charge on any atom is 0.268 e. The van der Waals surface area contributed by atoms with E-state index in [1.807, 2.05) is 43.5 Å². The van der Waals surface area contributed by atoms with E-state index in [2.05, 4.69) is 20.6 Å². The predicted octanol–water partition coefficient (Wildman–Crippen LogP) is 2.56. The van der Waals surface area contributed by atoms with Gasteiger partial charge in [-0.05, 0) is 56.9 Å². The predicted molar refractivity (Wildman–Crippen MR) is 125 cm³/mol. The zero-order valence-electron chi connectivity index (χ0n) is 19.3. The Morgan fingerprint density at radius 3 is 2.42 bits per heavy atom. The summed E-state index contributed by atoms with van der Waals surface area (Å²) in [5, 5.41) is 14.4. The van der Waals surface area contributed by atoms with Crippen LogP contribution in [0.5, 0.6) is 5.75 Å². The number of hydrogen-bond donors (Lipinski definition) is 1. The van der Waals surface area contributed by atoms with E-state index in [1.165, 1.54) is 3.97 Å². The number of ether oxygens (including phenoxy) is 1. The third-order valence-electron chi connectivity index (χ3n) is 5.48. The standard InChI is InChI=1S/C22H27N7O3S/c1-15-6-8-17(9-7-15)33(30,31)29-11-10-16(2)20(29)18-14-19(32-5)21(22-23-25-26-24-22)28(18)13-12-27(3)4/h6-11,14H,12-13H2,1-5H3,(H,23,24,25,26). The van der Waals surface area contributed by atoms with Crippen LogP contribution in [0.3, 0.4) is 0 Å². The molecule has 4 aromatic rings. The summed E-state index contributed by atoms with van der Waals surface area (Å²) < 4.78 is 36.1. The number of benzene rings is 1. The molecule has 174 valence electrons. The van der Waals surface area contributed by atoms with Crippen molar-refractivity contribution in [3.8, 4) is 28.7 Å². The molecule has 0 aliphatic rings. The van der Waals surface area contributed by atoms with Crippen LogP contribution in [-0.4, -0.2) is 70.2 Å². The van der Waals surface area contributed by atoms with Crippen molar-refractivity contribution in [3.05, 3.63) is 53.7 Å². The van der Waals surface area contributed by atoms with Gasteiger partial charge in [-0.1, -0.05) is 17.7 Å². The largest absolute Gasteiger partial charge is 0.494 e. The zero-order valence-corrected chi connectivity index (χ0v) is 20.1. The van der Waals surface area contributed by atoms with Gasteiger partial charge in [0.25, 0.3) is 10.0 Å². The SMILES string of the molecule is COc1cc(-c2c(C)ccn2S(=O)(=O)c2ccc(C)cc2)n(CCN(C)C)c1-c1nn[nH]n1. The Morgan fingerprint density at radius 2 is 1.82 bits per heavy atom. The van der Waals surface area contributed by atoms with Gasteiger partial charge in [0.1, 0.15) is 11.4 Å². The first-order valence-corrected chi connectivity index (χ1v) is 11.8. The highest BCUT2D eigenvalue weighted by molar-refractivity contribution is 7.90. The fourth-order valence-electron chi connectivity index (χ4n) is 3.75. The summed E-state index contributed by atoms with van der Waals surface area (Å²) in [5.74, 6) is 0.902. The number of nitrogens with zero attached hydrogens (tertiary/aromatic N) is 6. The third-order valence-corrected chi connectivity index (χ3v) is 7.17. The molecule has 0 unspecified atom stereocenters. The van der Waals surface area contributed by atoms with Gasteiger partial charge in [0, 0.05) is 25.4 Å². The zero-order chi connectivity index (χ0) is 23.8. The molecule has 33 heavy (non-hydrogen) atoms. The normalized spacial score (nSPS) is 11.9. The number of nitrogens with one attached hydrogen (secondary N) is 1. The van der Waals surface area contributed by atoms with E-state index in [0.29, 0.717) is 41.7 Å². The highest BCUT2D eigenvalue weighted by Crippen LogP contribution is 2.38. The number of rotatable bonds is 8. The van der Waals surface area contributed by atoms with E-state index in [0.717, 1.165) is 11.1 Å². The number of aromatic amines is 1. The summed E-state index contributed by atoms with van der Waals surface area (Å²) in [6.45, 7) is 5.08. The molecule has 10 nitrogen and oxygen atoms in total. The minimum Gasteiger partial charge on any atom is -0.494 e. The average molecular weight is 470 g/mol. The van der Waals surface area contributed by atoms with E-state index in [1.54, 1.807) is 43.6 Å². The fourth-order valence-corrected chi connectivity index (χ4v) is 5.15. The van der Waals surface area contributed by atoms with Crippen LogP contribution in [0.2, 0.25) is 0 Å². The van der Waals surface area contributed by atoms with Gasteiger partial charge < -0.3 is 14.2 Å². The summed E-state index contributed by atoms with van der Waals surface area (Å²) >= 11 is 0. The van der Waals surface area contributed by atoms with Crippen LogP contribution in [0.25, 0.3) is 22.9 Å². The molecule has 0 amide bonds. The van der Waals surface area contributed by atoms with Gasteiger partial charge in [0.2, 0.25) is 5.82 Å². The van der Waals surface area contributed by atoms with Crippen LogP contribution in [0, 0.1) is 13.8 Å². The Balaban J connectivity index is 1.95. The average Bonchev–Trinajstić information content (AvgIpc) is 3.50. The Labute approximate surface area is 192 Å². The van der Waals surface area contributed by atoms with E-state index < -0.39 is 10.0 Å². The molecule has 4 rings (SSSR count).